The van der Waals surface area contributed by atoms with Crippen LogP contribution in [-0.2, 0) is 13.0 Å². The van der Waals surface area contributed by atoms with Crippen molar-refractivity contribution in [1.29, 1.82) is 0 Å². The lowest BCUT2D eigenvalue weighted by Crippen LogP contribution is -2.46. The molecule has 3 N–H and O–H groups in total. The highest BCUT2D eigenvalue weighted by atomic mass is 15.3. The van der Waals surface area contributed by atoms with Crippen LogP contribution in [0.25, 0.3) is 0 Å². The summed E-state index contributed by atoms with van der Waals surface area (Å²) in [5, 5.41) is 3.17. The van der Waals surface area contributed by atoms with Crippen LogP contribution in [0.1, 0.15) is 18.1 Å². The van der Waals surface area contributed by atoms with Gasteiger partial charge in [0.1, 0.15) is 0 Å². The SMILES string of the molecule is CCc1ccc(NC(N)=NCCN2CCN(Cc3ccccc3)CC2)cc1. The Morgan fingerprint density at radius 2 is 1.59 bits per heavy atom. The summed E-state index contributed by atoms with van der Waals surface area (Å²) in [4.78, 5) is 9.46. The molecule has 5 heteroatoms. The van der Waals surface area contributed by atoms with Gasteiger partial charge < -0.3 is 11.1 Å². The number of aryl methyl sites for hydroxylation is 1. The number of piperazine rings is 1. The number of rotatable bonds is 7. The van der Waals surface area contributed by atoms with Crippen molar-refractivity contribution < 1.29 is 0 Å². The maximum atomic E-state index is 6.01. The lowest BCUT2D eigenvalue weighted by atomic mass is 10.1. The van der Waals surface area contributed by atoms with Crippen LogP contribution in [0.2, 0.25) is 0 Å². The normalized spacial score (nSPS) is 16.4. The van der Waals surface area contributed by atoms with E-state index in [4.69, 9.17) is 5.73 Å². The Morgan fingerprint density at radius 3 is 2.26 bits per heavy atom. The van der Waals surface area contributed by atoms with E-state index >= 15 is 0 Å². The molecule has 144 valence electrons. The number of hydrogen-bond acceptors (Lipinski definition) is 3. The molecule has 1 fully saturated rings. The summed E-state index contributed by atoms with van der Waals surface area (Å²) in [6.45, 7) is 9.27. The lowest BCUT2D eigenvalue weighted by molar-refractivity contribution is 0.130. The molecule has 0 bridgehead atoms. The predicted octanol–water partition coefficient (Wildman–Crippen LogP) is 2.79. The average molecular weight is 366 g/mol. The molecule has 1 saturated heterocycles. The third-order valence-electron chi connectivity index (χ3n) is 5.05. The van der Waals surface area contributed by atoms with E-state index in [1.54, 1.807) is 0 Å². The molecular formula is C22H31N5. The van der Waals surface area contributed by atoms with Crippen molar-refractivity contribution in [2.45, 2.75) is 19.9 Å². The minimum atomic E-state index is 0.488. The molecule has 2 aromatic rings. The van der Waals surface area contributed by atoms with Crippen LogP contribution < -0.4 is 11.1 Å². The van der Waals surface area contributed by atoms with E-state index in [0.29, 0.717) is 5.96 Å². The first kappa shape index (κ1) is 19.4. The molecule has 1 aliphatic heterocycles. The number of nitrogens with zero attached hydrogens (tertiary/aromatic N) is 3. The Morgan fingerprint density at radius 1 is 0.926 bits per heavy atom. The molecule has 0 aromatic heterocycles. The minimum Gasteiger partial charge on any atom is -0.370 e. The van der Waals surface area contributed by atoms with Gasteiger partial charge in [-0.25, -0.2) is 0 Å². The first-order valence-corrected chi connectivity index (χ1v) is 9.87. The van der Waals surface area contributed by atoms with Crippen LogP contribution in [0.15, 0.2) is 59.6 Å². The maximum Gasteiger partial charge on any atom is 0.193 e. The van der Waals surface area contributed by atoms with Gasteiger partial charge in [-0.3, -0.25) is 14.8 Å². The molecule has 1 aliphatic rings. The van der Waals surface area contributed by atoms with E-state index in [1.165, 1.54) is 11.1 Å². The Kier molecular flexibility index (Phi) is 7.25. The zero-order chi connectivity index (χ0) is 18.9. The van der Waals surface area contributed by atoms with E-state index in [1.807, 2.05) is 12.1 Å². The number of hydrogen-bond donors (Lipinski definition) is 2. The van der Waals surface area contributed by atoms with Gasteiger partial charge in [0, 0.05) is 45.0 Å². The highest BCUT2D eigenvalue weighted by molar-refractivity contribution is 5.92. The molecule has 0 spiro atoms. The zero-order valence-electron chi connectivity index (χ0n) is 16.3. The second kappa shape index (κ2) is 10.1. The Balaban J connectivity index is 1.36. The first-order valence-electron chi connectivity index (χ1n) is 9.87. The summed E-state index contributed by atoms with van der Waals surface area (Å²) in [5.41, 5.74) is 9.71. The minimum absolute atomic E-state index is 0.488. The first-order chi connectivity index (χ1) is 13.2. The summed E-state index contributed by atoms with van der Waals surface area (Å²) in [6, 6.07) is 19.0. The second-order valence-electron chi connectivity index (χ2n) is 7.05. The van der Waals surface area contributed by atoms with Crippen LogP contribution in [0.3, 0.4) is 0 Å². The average Bonchev–Trinajstić information content (AvgIpc) is 2.71. The van der Waals surface area contributed by atoms with Gasteiger partial charge in [-0.1, -0.05) is 49.4 Å². The third-order valence-corrected chi connectivity index (χ3v) is 5.05. The molecule has 0 aliphatic carbocycles. The lowest BCUT2D eigenvalue weighted by Gasteiger charge is -2.34. The van der Waals surface area contributed by atoms with E-state index < -0.39 is 0 Å². The molecule has 0 saturated carbocycles. The van der Waals surface area contributed by atoms with Crippen LogP contribution in [0.4, 0.5) is 5.69 Å². The van der Waals surface area contributed by atoms with Crippen molar-refractivity contribution in [1.82, 2.24) is 9.80 Å². The Bertz CT molecular complexity index is 703. The monoisotopic (exact) mass is 365 g/mol. The summed E-state index contributed by atoms with van der Waals surface area (Å²) in [5.74, 6) is 0.488. The van der Waals surface area contributed by atoms with Gasteiger partial charge in [-0.2, -0.15) is 0 Å². The zero-order valence-corrected chi connectivity index (χ0v) is 16.3. The number of nitrogens with two attached hydrogens (primary N) is 1. The van der Waals surface area contributed by atoms with Crippen molar-refractivity contribution in [2.24, 2.45) is 10.7 Å². The van der Waals surface area contributed by atoms with Crippen molar-refractivity contribution in [3.8, 4) is 0 Å². The van der Waals surface area contributed by atoms with E-state index in [9.17, 15) is 0 Å². The number of aliphatic imine (C=N–C) groups is 1. The number of guanidine groups is 1. The van der Waals surface area contributed by atoms with Crippen LogP contribution >= 0.6 is 0 Å². The smallest absolute Gasteiger partial charge is 0.193 e. The quantitative estimate of drug-likeness (QED) is 0.585. The highest BCUT2D eigenvalue weighted by Gasteiger charge is 2.16. The molecule has 0 amide bonds. The third kappa shape index (κ3) is 6.38. The molecule has 2 aromatic carbocycles. The fourth-order valence-electron chi connectivity index (χ4n) is 3.34. The topological polar surface area (TPSA) is 56.9 Å². The van der Waals surface area contributed by atoms with Crippen LogP contribution in [-0.4, -0.2) is 55.0 Å². The van der Waals surface area contributed by atoms with E-state index in [0.717, 1.165) is 57.9 Å². The molecule has 0 radical (unpaired) electrons. The van der Waals surface area contributed by atoms with Gasteiger partial charge in [0.25, 0.3) is 0 Å². The summed E-state index contributed by atoms with van der Waals surface area (Å²) in [7, 11) is 0. The predicted molar refractivity (Wildman–Crippen MR) is 114 cm³/mol. The summed E-state index contributed by atoms with van der Waals surface area (Å²) in [6.07, 6.45) is 1.04. The van der Waals surface area contributed by atoms with Crippen molar-refractivity contribution in [3.05, 3.63) is 65.7 Å². The van der Waals surface area contributed by atoms with Crippen molar-refractivity contribution >= 4 is 11.6 Å². The Labute approximate surface area is 162 Å². The van der Waals surface area contributed by atoms with E-state index in [-0.39, 0.29) is 0 Å². The van der Waals surface area contributed by atoms with Gasteiger partial charge in [-0.15, -0.1) is 0 Å². The summed E-state index contributed by atoms with van der Waals surface area (Å²) >= 11 is 0. The maximum absolute atomic E-state index is 6.01. The molecule has 3 rings (SSSR count). The van der Waals surface area contributed by atoms with Gasteiger partial charge >= 0.3 is 0 Å². The van der Waals surface area contributed by atoms with Gasteiger partial charge in [0.05, 0.1) is 6.54 Å². The van der Waals surface area contributed by atoms with E-state index in [2.05, 4.69) is 69.5 Å². The Hall–Kier alpha value is -2.37. The molecular weight excluding hydrogens is 334 g/mol. The summed E-state index contributed by atoms with van der Waals surface area (Å²) < 4.78 is 0. The van der Waals surface area contributed by atoms with Gasteiger partial charge in [0.15, 0.2) is 5.96 Å². The van der Waals surface area contributed by atoms with Gasteiger partial charge in [0.2, 0.25) is 0 Å². The van der Waals surface area contributed by atoms with Crippen molar-refractivity contribution in [2.75, 3.05) is 44.6 Å². The fourth-order valence-corrected chi connectivity index (χ4v) is 3.34. The molecule has 5 nitrogen and oxygen atoms in total. The van der Waals surface area contributed by atoms with Crippen LogP contribution in [0, 0.1) is 0 Å². The molecule has 1 heterocycles. The standard InChI is InChI=1S/C22H31N5/c1-2-19-8-10-21(11-9-19)25-22(23)24-12-13-26-14-16-27(17-15-26)18-20-6-4-3-5-7-20/h3-11H,2,12-18H2,1H3,(H3,23,24,25). The highest BCUT2D eigenvalue weighted by Crippen LogP contribution is 2.10. The molecule has 27 heavy (non-hydrogen) atoms. The number of anilines is 1. The van der Waals surface area contributed by atoms with Crippen molar-refractivity contribution in [3.63, 3.8) is 0 Å². The fraction of sp³-hybridized carbons (Fsp3) is 0.409. The molecule has 0 unspecified atom stereocenters. The number of benzene rings is 2. The van der Waals surface area contributed by atoms with Gasteiger partial charge in [-0.05, 0) is 29.7 Å². The molecule has 0 atom stereocenters. The van der Waals surface area contributed by atoms with Crippen LogP contribution in [0.5, 0.6) is 0 Å². The number of nitrogens with one attached hydrogen (secondary N) is 1. The largest absolute Gasteiger partial charge is 0.370 e. The second-order valence-corrected chi connectivity index (χ2v) is 7.05.